The topological polar surface area (TPSA) is 95.2 Å². The molecule has 1 amide bonds. The zero-order valence-corrected chi connectivity index (χ0v) is 19.6. The number of pyridine rings is 1. The first-order valence-electron chi connectivity index (χ1n) is 11.5. The Morgan fingerprint density at radius 1 is 1.15 bits per heavy atom. The van der Waals surface area contributed by atoms with Crippen molar-refractivity contribution in [3.63, 3.8) is 0 Å². The predicted molar refractivity (Wildman–Crippen MR) is 132 cm³/mol. The highest BCUT2D eigenvalue weighted by atomic mass is 32.1. The lowest BCUT2D eigenvalue weighted by Gasteiger charge is -2.15. The van der Waals surface area contributed by atoms with Crippen LogP contribution in [0, 0.1) is 0 Å². The second kappa shape index (κ2) is 9.90. The number of amides is 1. The minimum absolute atomic E-state index is 0.160. The first kappa shape index (κ1) is 22.5. The van der Waals surface area contributed by atoms with Crippen LogP contribution in [-0.4, -0.2) is 39.3 Å². The Balaban J connectivity index is 1.43. The number of hydrogen-bond donors (Lipinski definition) is 1. The highest BCUT2D eigenvalue weighted by molar-refractivity contribution is 7.25. The molecule has 5 rings (SSSR count). The predicted octanol–water partition coefficient (Wildman–Crippen LogP) is 2.70. The van der Waals surface area contributed by atoms with Gasteiger partial charge >= 0.3 is 5.69 Å². The molecular weight excluding hydrogens is 452 g/mol. The summed E-state index contributed by atoms with van der Waals surface area (Å²) in [6.07, 6.45) is 4.86. The summed E-state index contributed by atoms with van der Waals surface area (Å²) < 4.78 is 8.73. The zero-order chi connectivity index (χ0) is 23.5. The molecule has 176 valence electrons. The van der Waals surface area contributed by atoms with Crippen LogP contribution in [0.15, 0.2) is 58.3 Å². The molecule has 0 saturated carbocycles. The number of ether oxygens (including phenoxy) is 1. The van der Waals surface area contributed by atoms with E-state index in [4.69, 9.17) is 4.74 Å². The maximum Gasteiger partial charge on any atom is 0.332 e. The molecule has 0 bridgehead atoms. The van der Waals surface area contributed by atoms with Gasteiger partial charge in [-0.05, 0) is 43.4 Å². The molecule has 0 aliphatic carbocycles. The minimum atomic E-state index is -0.490. The zero-order valence-electron chi connectivity index (χ0n) is 18.7. The number of carbonyl (C=O) groups excluding carboxylic acids is 1. The van der Waals surface area contributed by atoms with Gasteiger partial charge in [0.05, 0.1) is 18.2 Å². The van der Waals surface area contributed by atoms with Gasteiger partial charge < -0.3 is 10.1 Å². The van der Waals surface area contributed by atoms with Crippen molar-refractivity contribution in [2.45, 2.75) is 44.9 Å². The van der Waals surface area contributed by atoms with Gasteiger partial charge in [-0.25, -0.2) is 9.78 Å². The number of thiophene rings is 1. The maximum atomic E-state index is 13.5. The van der Waals surface area contributed by atoms with E-state index in [1.54, 1.807) is 12.3 Å². The van der Waals surface area contributed by atoms with Crippen LogP contribution >= 0.6 is 11.3 Å². The molecule has 0 radical (unpaired) electrons. The van der Waals surface area contributed by atoms with E-state index in [2.05, 4.69) is 22.4 Å². The van der Waals surface area contributed by atoms with E-state index in [1.165, 1.54) is 26.0 Å². The maximum absolute atomic E-state index is 13.5. The fraction of sp³-hybridized carbons (Fsp3) is 0.360. The number of nitrogens with one attached hydrogen (secondary N) is 1. The van der Waals surface area contributed by atoms with Crippen molar-refractivity contribution in [1.29, 1.82) is 0 Å². The lowest BCUT2D eigenvalue weighted by Crippen LogP contribution is -2.44. The van der Waals surface area contributed by atoms with Crippen LogP contribution in [-0.2, 0) is 29.0 Å². The molecule has 3 aromatic heterocycles. The third-order valence-electron chi connectivity index (χ3n) is 6.13. The molecule has 0 unspecified atom stereocenters. The smallest absolute Gasteiger partial charge is 0.332 e. The molecule has 4 heterocycles. The van der Waals surface area contributed by atoms with Crippen molar-refractivity contribution in [2.75, 3.05) is 13.2 Å². The van der Waals surface area contributed by atoms with Gasteiger partial charge in [0, 0.05) is 24.7 Å². The molecule has 1 fully saturated rings. The molecular formula is C25H26N4O4S. The number of nitrogens with zero attached hydrogens (tertiary/aromatic N) is 3. The lowest BCUT2D eigenvalue weighted by molar-refractivity contribution is -0.121. The number of aryl methyl sites for hydroxylation is 1. The third kappa shape index (κ3) is 4.53. The van der Waals surface area contributed by atoms with Crippen LogP contribution in [0.1, 0.15) is 24.8 Å². The molecule has 34 heavy (non-hydrogen) atoms. The van der Waals surface area contributed by atoms with Crippen LogP contribution in [0.2, 0.25) is 0 Å². The summed E-state index contributed by atoms with van der Waals surface area (Å²) >= 11 is 1.25. The molecule has 1 atom stereocenters. The molecule has 1 aliphatic rings. The number of benzene rings is 1. The molecule has 1 saturated heterocycles. The van der Waals surface area contributed by atoms with Gasteiger partial charge in [0.1, 0.15) is 16.1 Å². The molecule has 4 aromatic rings. The summed E-state index contributed by atoms with van der Waals surface area (Å²) in [4.78, 5) is 44.6. The highest BCUT2D eigenvalue weighted by Crippen LogP contribution is 2.29. The number of rotatable bonds is 8. The Kier molecular flexibility index (Phi) is 6.55. The summed E-state index contributed by atoms with van der Waals surface area (Å²) in [5, 5.41) is 3.62. The van der Waals surface area contributed by atoms with Crippen LogP contribution in [0.5, 0.6) is 0 Å². The summed E-state index contributed by atoms with van der Waals surface area (Å²) in [5.74, 6) is -0.262. The van der Waals surface area contributed by atoms with E-state index in [-0.39, 0.29) is 30.7 Å². The van der Waals surface area contributed by atoms with E-state index in [0.29, 0.717) is 33.6 Å². The van der Waals surface area contributed by atoms with Crippen molar-refractivity contribution in [2.24, 2.45) is 0 Å². The van der Waals surface area contributed by atoms with E-state index < -0.39 is 5.69 Å². The normalized spacial score (nSPS) is 15.8. The Morgan fingerprint density at radius 2 is 2.00 bits per heavy atom. The Hall–Kier alpha value is -3.30. The van der Waals surface area contributed by atoms with Crippen LogP contribution in [0.4, 0.5) is 0 Å². The SMILES string of the molecule is O=C(Cn1c(=O)n(C[C@@H]2CCCO2)c(=O)c2sc3ncccc3c21)NCCCc1ccccc1. The summed E-state index contributed by atoms with van der Waals surface area (Å²) in [5.41, 5.74) is 0.855. The Labute approximate surface area is 199 Å². The van der Waals surface area contributed by atoms with Crippen molar-refractivity contribution >= 4 is 37.7 Å². The minimum Gasteiger partial charge on any atom is -0.376 e. The number of hydrogen-bond acceptors (Lipinski definition) is 6. The molecule has 8 nitrogen and oxygen atoms in total. The standard InChI is InChI=1S/C25H26N4O4S/c30-20(26-12-4-9-17-7-2-1-3-8-17)16-28-21-19-11-5-13-27-23(19)34-22(21)24(31)29(25(28)32)15-18-10-6-14-33-18/h1-3,5,7-8,11,13,18H,4,6,9-10,12,14-16H2,(H,26,30)/t18-/m0/s1. The summed E-state index contributed by atoms with van der Waals surface area (Å²) in [6, 6.07) is 13.7. The Bertz CT molecular complexity index is 1430. The fourth-order valence-corrected chi connectivity index (χ4v) is 5.54. The Morgan fingerprint density at radius 3 is 2.79 bits per heavy atom. The van der Waals surface area contributed by atoms with E-state index >= 15 is 0 Å². The van der Waals surface area contributed by atoms with Crippen molar-refractivity contribution in [1.82, 2.24) is 19.4 Å². The summed E-state index contributed by atoms with van der Waals surface area (Å²) in [6.45, 7) is 1.17. The largest absolute Gasteiger partial charge is 0.376 e. The highest BCUT2D eigenvalue weighted by Gasteiger charge is 2.23. The molecule has 1 N–H and O–H groups in total. The fourth-order valence-electron chi connectivity index (χ4n) is 4.45. The average molecular weight is 479 g/mol. The van der Waals surface area contributed by atoms with Crippen molar-refractivity contribution in [3.8, 4) is 0 Å². The average Bonchev–Trinajstić information content (AvgIpc) is 3.51. The van der Waals surface area contributed by atoms with Gasteiger partial charge in [-0.1, -0.05) is 30.3 Å². The molecule has 0 spiro atoms. The number of aromatic nitrogens is 3. The second-order valence-corrected chi connectivity index (χ2v) is 9.49. The van der Waals surface area contributed by atoms with Gasteiger partial charge in [0.15, 0.2) is 0 Å². The van der Waals surface area contributed by atoms with Crippen LogP contribution in [0.25, 0.3) is 20.4 Å². The lowest BCUT2D eigenvalue weighted by atomic mass is 10.1. The molecule has 1 aromatic carbocycles. The van der Waals surface area contributed by atoms with E-state index in [1.807, 2.05) is 24.3 Å². The van der Waals surface area contributed by atoms with Crippen LogP contribution < -0.4 is 16.6 Å². The number of carbonyl (C=O) groups is 1. The molecule has 1 aliphatic heterocycles. The number of fused-ring (bicyclic) bond motifs is 3. The van der Waals surface area contributed by atoms with Gasteiger partial charge in [0.25, 0.3) is 5.56 Å². The van der Waals surface area contributed by atoms with Gasteiger partial charge in [0.2, 0.25) is 5.91 Å². The second-order valence-electron chi connectivity index (χ2n) is 8.49. The van der Waals surface area contributed by atoms with Gasteiger partial charge in [-0.2, -0.15) is 0 Å². The quantitative estimate of drug-likeness (QED) is 0.393. The monoisotopic (exact) mass is 478 g/mol. The van der Waals surface area contributed by atoms with Crippen LogP contribution in [0.3, 0.4) is 0 Å². The summed E-state index contributed by atoms with van der Waals surface area (Å²) in [7, 11) is 0. The first-order valence-corrected chi connectivity index (χ1v) is 12.4. The first-order chi connectivity index (χ1) is 16.6. The molecule has 9 heteroatoms. The van der Waals surface area contributed by atoms with Crippen molar-refractivity contribution < 1.29 is 9.53 Å². The van der Waals surface area contributed by atoms with E-state index in [9.17, 15) is 14.4 Å². The van der Waals surface area contributed by atoms with Gasteiger partial charge in [-0.15, -0.1) is 11.3 Å². The van der Waals surface area contributed by atoms with Gasteiger partial charge in [-0.3, -0.25) is 18.7 Å². The van der Waals surface area contributed by atoms with E-state index in [0.717, 1.165) is 25.7 Å². The van der Waals surface area contributed by atoms with Crippen molar-refractivity contribution in [3.05, 3.63) is 75.1 Å². The third-order valence-corrected chi connectivity index (χ3v) is 7.22.